The van der Waals surface area contributed by atoms with Crippen molar-refractivity contribution in [3.8, 4) is 5.75 Å². The van der Waals surface area contributed by atoms with E-state index in [1.165, 1.54) is 12.7 Å². The molecule has 0 fully saturated rings. The summed E-state index contributed by atoms with van der Waals surface area (Å²) >= 11 is 0. The van der Waals surface area contributed by atoms with Gasteiger partial charge in [0, 0.05) is 11.3 Å². The Hall–Kier alpha value is -2.49. The number of benzene rings is 2. The molecule has 0 aromatic heterocycles. The van der Waals surface area contributed by atoms with E-state index in [-0.39, 0.29) is 11.4 Å². The Morgan fingerprint density at radius 1 is 1.13 bits per heavy atom. The molecular formula is C19H23NO3. The Morgan fingerprint density at radius 2 is 1.87 bits per heavy atom. The van der Waals surface area contributed by atoms with E-state index in [0.29, 0.717) is 23.6 Å². The van der Waals surface area contributed by atoms with Crippen LogP contribution < -0.4 is 10.5 Å². The maximum absolute atomic E-state index is 11.5. The number of nitrogens with two attached hydrogens (primary N) is 1. The monoisotopic (exact) mass is 313 g/mol. The molecule has 0 atom stereocenters. The van der Waals surface area contributed by atoms with Gasteiger partial charge in [-0.2, -0.15) is 0 Å². The summed E-state index contributed by atoms with van der Waals surface area (Å²) in [5.41, 5.74) is 9.46. The van der Waals surface area contributed by atoms with Crippen molar-refractivity contribution < 1.29 is 14.3 Å². The van der Waals surface area contributed by atoms with Crippen molar-refractivity contribution in [3.05, 3.63) is 59.2 Å². The van der Waals surface area contributed by atoms with E-state index in [0.717, 1.165) is 5.56 Å². The number of anilines is 1. The largest absolute Gasteiger partial charge is 0.489 e. The number of hydrogen-bond acceptors (Lipinski definition) is 4. The molecule has 0 aliphatic rings. The molecule has 0 amide bonds. The topological polar surface area (TPSA) is 61.5 Å². The van der Waals surface area contributed by atoms with Gasteiger partial charge in [-0.1, -0.05) is 39.0 Å². The van der Waals surface area contributed by atoms with Gasteiger partial charge in [-0.25, -0.2) is 4.79 Å². The van der Waals surface area contributed by atoms with E-state index >= 15 is 0 Å². The summed E-state index contributed by atoms with van der Waals surface area (Å²) in [5, 5.41) is 0. The molecule has 23 heavy (non-hydrogen) atoms. The molecule has 0 aliphatic carbocycles. The number of nitrogen functional groups attached to an aromatic ring is 1. The van der Waals surface area contributed by atoms with Crippen LogP contribution in [0.25, 0.3) is 0 Å². The Balaban J connectivity index is 2.11. The fraction of sp³-hybridized carbons (Fsp3) is 0.316. The van der Waals surface area contributed by atoms with Crippen molar-refractivity contribution in [2.45, 2.75) is 32.8 Å². The van der Waals surface area contributed by atoms with Gasteiger partial charge in [0.2, 0.25) is 0 Å². The van der Waals surface area contributed by atoms with Gasteiger partial charge in [-0.15, -0.1) is 0 Å². The Labute approximate surface area is 137 Å². The predicted octanol–water partition coefficient (Wildman–Crippen LogP) is 3.93. The zero-order chi connectivity index (χ0) is 17.0. The van der Waals surface area contributed by atoms with Crippen molar-refractivity contribution in [2.24, 2.45) is 0 Å². The smallest absolute Gasteiger partial charge is 0.337 e. The lowest BCUT2D eigenvalue weighted by molar-refractivity contribution is 0.0600. The zero-order valence-corrected chi connectivity index (χ0v) is 14.1. The number of carbonyl (C=O) groups excluding carboxylic acids is 1. The summed E-state index contributed by atoms with van der Waals surface area (Å²) in [6, 6.07) is 12.9. The normalized spacial score (nSPS) is 11.1. The second kappa shape index (κ2) is 6.73. The highest BCUT2D eigenvalue weighted by molar-refractivity contribution is 5.89. The second-order valence-corrected chi connectivity index (χ2v) is 6.47. The third-order valence-corrected chi connectivity index (χ3v) is 3.66. The van der Waals surface area contributed by atoms with Crippen LogP contribution in [-0.2, 0) is 16.8 Å². The minimum absolute atomic E-state index is 0.0579. The second-order valence-electron chi connectivity index (χ2n) is 6.47. The first-order chi connectivity index (χ1) is 10.8. The summed E-state index contributed by atoms with van der Waals surface area (Å²) in [7, 11) is 1.35. The first-order valence-corrected chi connectivity index (χ1v) is 7.51. The van der Waals surface area contributed by atoms with Gasteiger partial charge in [-0.05, 0) is 35.2 Å². The lowest BCUT2D eigenvalue weighted by atomic mass is 9.86. The molecule has 0 radical (unpaired) electrons. The molecule has 0 saturated heterocycles. The minimum atomic E-state index is -0.385. The molecule has 2 N–H and O–H groups in total. The number of rotatable bonds is 4. The predicted molar refractivity (Wildman–Crippen MR) is 91.7 cm³/mol. The Kier molecular flexibility index (Phi) is 4.94. The third kappa shape index (κ3) is 4.25. The molecule has 2 aromatic rings. The summed E-state index contributed by atoms with van der Waals surface area (Å²) in [5.74, 6) is 0.219. The van der Waals surface area contributed by atoms with E-state index in [2.05, 4.69) is 26.8 Å². The van der Waals surface area contributed by atoms with Crippen molar-refractivity contribution >= 4 is 11.7 Å². The van der Waals surface area contributed by atoms with E-state index in [1.54, 1.807) is 24.3 Å². The molecule has 122 valence electrons. The molecule has 0 unspecified atom stereocenters. The maximum atomic E-state index is 11.5. The van der Waals surface area contributed by atoms with Crippen LogP contribution >= 0.6 is 0 Å². The van der Waals surface area contributed by atoms with Crippen LogP contribution in [0.4, 0.5) is 5.69 Å². The quantitative estimate of drug-likeness (QED) is 0.686. The molecular weight excluding hydrogens is 290 g/mol. The Morgan fingerprint density at radius 3 is 2.48 bits per heavy atom. The van der Waals surface area contributed by atoms with E-state index in [1.807, 2.05) is 12.1 Å². The molecule has 0 aliphatic heterocycles. The average molecular weight is 313 g/mol. The number of hydrogen-bond donors (Lipinski definition) is 1. The minimum Gasteiger partial charge on any atom is -0.489 e. The third-order valence-electron chi connectivity index (χ3n) is 3.66. The van der Waals surface area contributed by atoms with Crippen LogP contribution in [0, 0.1) is 0 Å². The first-order valence-electron chi connectivity index (χ1n) is 7.51. The molecule has 2 rings (SSSR count). The summed E-state index contributed by atoms with van der Waals surface area (Å²) in [6.45, 7) is 6.80. The van der Waals surface area contributed by atoms with Gasteiger partial charge in [-0.3, -0.25) is 0 Å². The van der Waals surface area contributed by atoms with Crippen LogP contribution in [-0.4, -0.2) is 13.1 Å². The fourth-order valence-electron chi connectivity index (χ4n) is 2.18. The van der Waals surface area contributed by atoms with Crippen LogP contribution in [0.5, 0.6) is 5.75 Å². The van der Waals surface area contributed by atoms with Crippen LogP contribution in [0.3, 0.4) is 0 Å². The van der Waals surface area contributed by atoms with Crippen LogP contribution in [0.2, 0.25) is 0 Å². The summed E-state index contributed by atoms with van der Waals surface area (Å²) < 4.78 is 10.4. The van der Waals surface area contributed by atoms with E-state index < -0.39 is 0 Å². The average Bonchev–Trinajstić information content (AvgIpc) is 2.52. The molecule has 0 bridgehead atoms. The van der Waals surface area contributed by atoms with Gasteiger partial charge in [0.25, 0.3) is 0 Å². The van der Waals surface area contributed by atoms with E-state index in [9.17, 15) is 4.79 Å². The number of methoxy groups -OCH3 is 1. The molecule has 4 nitrogen and oxygen atoms in total. The van der Waals surface area contributed by atoms with Gasteiger partial charge in [0.05, 0.1) is 12.7 Å². The molecule has 0 saturated carbocycles. The number of ether oxygens (including phenoxy) is 2. The van der Waals surface area contributed by atoms with Crippen LogP contribution in [0.15, 0.2) is 42.5 Å². The molecule has 0 heterocycles. The highest BCUT2D eigenvalue weighted by Gasteiger charge is 2.15. The van der Waals surface area contributed by atoms with Gasteiger partial charge < -0.3 is 15.2 Å². The maximum Gasteiger partial charge on any atom is 0.337 e. The Bertz CT molecular complexity index is 702. The van der Waals surface area contributed by atoms with Crippen molar-refractivity contribution in [1.29, 1.82) is 0 Å². The SMILES string of the molecule is COC(=O)c1cccc(OCc2ccc(C(C)(C)C)cc2N)c1. The highest BCUT2D eigenvalue weighted by atomic mass is 16.5. The first kappa shape index (κ1) is 16.9. The standard InChI is InChI=1S/C19H23NO3/c1-19(2,3)15-9-8-14(17(20)11-15)12-23-16-7-5-6-13(10-16)18(21)22-4/h5-11H,12,20H2,1-4H3. The van der Waals surface area contributed by atoms with Crippen molar-refractivity contribution in [3.63, 3.8) is 0 Å². The number of carbonyl (C=O) groups is 1. The highest BCUT2D eigenvalue weighted by Crippen LogP contribution is 2.26. The van der Waals surface area contributed by atoms with Crippen LogP contribution in [0.1, 0.15) is 42.3 Å². The summed E-state index contributed by atoms with van der Waals surface area (Å²) in [4.78, 5) is 11.5. The lowest BCUT2D eigenvalue weighted by Gasteiger charge is -2.20. The lowest BCUT2D eigenvalue weighted by Crippen LogP contribution is -2.12. The van der Waals surface area contributed by atoms with Gasteiger partial charge >= 0.3 is 5.97 Å². The fourth-order valence-corrected chi connectivity index (χ4v) is 2.18. The van der Waals surface area contributed by atoms with Gasteiger partial charge in [0.15, 0.2) is 0 Å². The molecule has 2 aromatic carbocycles. The molecule has 0 spiro atoms. The van der Waals surface area contributed by atoms with E-state index in [4.69, 9.17) is 15.2 Å². The number of esters is 1. The molecule has 4 heteroatoms. The van der Waals surface area contributed by atoms with Crippen molar-refractivity contribution in [2.75, 3.05) is 12.8 Å². The zero-order valence-electron chi connectivity index (χ0n) is 14.1. The van der Waals surface area contributed by atoms with Gasteiger partial charge in [0.1, 0.15) is 12.4 Å². The summed E-state index contributed by atoms with van der Waals surface area (Å²) in [6.07, 6.45) is 0. The van der Waals surface area contributed by atoms with Crippen molar-refractivity contribution in [1.82, 2.24) is 0 Å².